The number of halogens is 2. The summed E-state index contributed by atoms with van der Waals surface area (Å²) < 4.78 is 49.5. The number of hydrogen-bond donors (Lipinski definition) is 0. The van der Waals surface area contributed by atoms with Gasteiger partial charge in [0.15, 0.2) is 17.3 Å². The molecule has 10 heteroatoms. The number of carbonyl (C=O) groups is 1. The highest BCUT2D eigenvalue weighted by Gasteiger charge is 2.27. The first-order valence-corrected chi connectivity index (χ1v) is 10.8. The average Bonchev–Trinajstić information content (AvgIpc) is 3.20. The van der Waals surface area contributed by atoms with Gasteiger partial charge in [-0.3, -0.25) is 4.79 Å². The molecule has 0 spiro atoms. The maximum absolute atomic E-state index is 13.9. The summed E-state index contributed by atoms with van der Waals surface area (Å²) in [5, 5.41) is 0.291. The Kier molecular flexibility index (Phi) is 6.31. The summed E-state index contributed by atoms with van der Waals surface area (Å²) in [6.45, 7) is 0.960. The molecule has 0 unspecified atom stereocenters. The van der Waals surface area contributed by atoms with Gasteiger partial charge in [-0.2, -0.15) is 4.98 Å². The summed E-state index contributed by atoms with van der Waals surface area (Å²) in [6, 6.07) is 5.29. The summed E-state index contributed by atoms with van der Waals surface area (Å²) >= 11 is 1.10. The van der Waals surface area contributed by atoms with Gasteiger partial charge < -0.3 is 23.8 Å². The highest BCUT2D eigenvalue weighted by atomic mass is 32.1. The van der Waals surface area contributed by atoms with Crippen LogP contribution < -0.4 is 18.9 Å². The number of carbonyl (C=O) groups excluding carboxylic acids is 1. The second-order valence-corrected chi connectivity index (χ2v) is 8.23. The SMILES string of the molecule is COc1cc(C(=O)N2CCC(Oc3nc4c(F)cc(F)cc4s3)CC2)cc(OC)c1OC. The van der Waals surface area contributed by atoms with E-state index in [1.807, 2.05) is 0 Å². The van der Waals surface area contributed by atoms with Crippen LogP contribution in [0.5, 0.6) is 22.4 Å². The smallest absolute Gasteiger partial charge is 0.274 e. The van der Waals surface area contributed by atoms with Crippen LogP contribution in [-0.2, 0) is 0 Å². The molecule has 0 aliphatic carbocycles. The van der Waals surface area contributed by atoms with Gasteiger partial charge in [-0.15, -0.1) is 0 Å². The van der Waals surface area contributed by atoms with Crippen molar-refractivity contribution in [3.63, 3.8) is 0 Å². The van der Waals surface area contributed by atoms with Crippen LogP contribution in [0, 0.1) is 11.6 Å². The van der Waals surface area contributed by atoms with Gasteiger partial charge in [0, 0.05) is 37.6 Å². The van der Waals surface area contributed by atoms with E-state index in [4.69, 9.17) is 18.9 Å². The van der Waals surface area contributed by atoms with Crippen LogP contribution in [0.15, 0.2) is 24.3 Å². The molecule has 0 saturated carbocycles. The zero-order valence-corrected chi connectivity index (χ0v) is 18.6. The highest BCUT2D eigenvalue weighted by Crippen LogP contribution is 2.39. The van der Waals surface area contributed by atoms with Crippen LogP contribution >= 0.6 is 11.3 Å². The van der Waals surface area contributed by atoms with E-state index in [2.05, 4.69) is 4.98 Å². The molecule has 2 aromatic carbocycles. The largest absolute Gasteiger partial charge is 0.493 e. The van der Waals surface area contributed by atoms with Gasteiger partial charge in [-0.05, 0) is 18.2 Å². The third-order valence-corrected chi connectivity index (χ3v) is 6.20. The number of amides is 1. The van der Waals surface area contributed by atoms with Crippen molar-refractivity contribution >= 4 is 27.5 Å². The monoisotopic (exact) mass is 464 g/mol. The Morgan fingerprint density at radius 1 is 1.03 bits per heavy atom. The van der Waals surface area contributed by atoms with E-state index >= 15 is 0 Å². The summed E-state index contributed by atoms with van der Waals surface area (Å²) in [6.07, 6.45) is 0.999. The van der Waals surface area contributed by atoms with E-state index in [-0.39, 0.29) is 17.5 Å². The van der Waals surface area contributed by atoms with Gasteiger partial charge in [0.05, 0.1) is 26.0 Å². The van der Waals surface area contributed by atoms with Crippen LogP contribution in [0.2, 0.25) is 0 Å². The van der Waals surface area contributed by atoms with E-state index in [1.54, 1.807) is 17.0 Å². The van der Waals surface area contributed by atoms with Gasteiger partial charge in [0.25, 0.3) is 11.1 Å². The number of thiazole rings is 1. The molecule has 0 N–H and O–H groups in total. The van der Waals surface area contributed by atoms with Crippen LogP contribution in [0.4, 0.5) is 8.78 Å². The van der Waals surface area contributed by atoms with Crippen LogP contribution in [0.25, 0.3) is 10.2 Å². The summed E-state index contributed by atoms with van der Waals surface area (Å²) in [7, 11) is 4.50. The first kappa shape index (κ1) is 22.1. The van der Waals surface area contributed by atoms with Crippen molar-refractivity contribution in [3.05, 3.63) is 41.5 Å². The number of piperidine rings is 1. The maximum atomic E-state index is 13.9. The van der Waals surface area contributed by atoms with E-state index in [1.165, 1.54) is 27.4 Å². The molecule has 3 aromatic rings. The molecule has 4 rings (SSSR count). The van der Waals surface area contributed by atoms with Gasteiger partial charge >= 0.3 is 0 Å². The molecule has 32 heavy (non-hydrogen) atoms. The number of likely N-dealkylation sites (tertiary alicyclic amines) is 1. The molecule has 0 bridgehead atoms. The highest BCUT2D eigenvalue weighted by molar-refractivity contribution is 7.20. The zero-order chi connectivity index (χ0) is 22.8. The fourth-order valence-electron chi connectivity index (χ4n) is 3.69. The lowest BCUT2D eigenvalue weighted by Crippen LogP contribution is -2.41. The number of benzene rings is 2. The Morgan fingerprint density at radius 2 is 1.69 bits per heavy atom. The second kappa shape index (κ2) is 9.15. The molecular weight excluding hydrogens is 442 g/mol. The lowest BCUT2D eigenvalue weighted by Gasteiger charge is -2.31. The number of rotatable bonds is 6. The van der Waals surface area contributed by atoms with Gasteiger partial charge in [-0.1, -0.05) is 11.3 Å². The molecule has 0 radical (unpaired) electrons. The number of methoxy groups -OCH3 is 3. The van der Waals surface area contributed by atoms with Gasteiger partial charge in [0.1, 0.15) is 17.4 Å². The number of nitrogens with zero attached hydrogens (tertiary/aromatic N) is 2. The lowest BCUT2D eigenvalue weighted by molar-refractivity contribution is 0.0594. The number of ether oxygens (including phenoxy) is 4. The van der Waals surface area contributed by atoms with Crippen molar-refractivity contribution in [1.29, 1.82) is 0 Å². The third kappa shape index (κ3) is 4.27. The molecule has 0 atom stereocenters. The van der Waals surface area contributed by atoms with Crippen LogP contribution in [0.1, 0.15) is 23.2 Å². The van der Waals surface area contributed by atoms with E-state index in [0.29, 0.717) is 58.6 Å². The van der Waals surface area contributed by atoms with E-state index < -0.39 is 11.6 Å². The molecule has 1 saturated heterocycles. The molecule has 7 nitrogen and oxygen atoms in total. The molecule has 1 aliphatic heterocycles. The van der Waals surface area contributed by atoms with Gasteiger partial charge in [-0.25, -0.2) is 8.78 Å². The van der Waals surface area contributed by atoms with Crippen molar-refractivity contribution in [2.75, 3.05) is 34.4 Å². The lowest BCUT2D eigenvalue weighted by atomic mass is 10.1. The Hall–Kier alpha value is -3.14. The molecule has 1 fully saturated rings. The fourth-order valence-corrected chi connectivity index (χ4v) is 4.61. The molecular formula is C22H22F2N2O5S. The molecule has 1 amide bonds. The number of hydrogen-bond acceptors (Lipinski definition) is 7. The minimum absolute atomic E-state index is 0.0985. The predicted octanol–water partition coefficient (Wildman–Crippen LogP) is 4.28. The predicted molar refractivity (Wildman–Crippen MR) is 115 cm³/mol. The Bertz CT molecular complexity index is 1120. The molecule has 2 heterocycles. The number of fused-ring (bicyclic) bond motifs is 1. The molecule has 1 aromatic heterocycles. The van der Waals surface area contributed by atoms with E-state index in [0.717, 1.165) is 17.4 Å². The zero-order valence-electron chi connectivity index (χ0n) is 17.8. The standard InChI is InChI=1S/C22H22F2N2O5S/c1-28-16-8-12(9-17(29-2)20(16)30-3)21(27)26-6-4-14(5-7-26)31-22-25-19-15(24)10-13(23)11-18(19)32-22/h8-11,14H,4-7H2,1-3H3. The summed E-state index contributed by atoms with van der Waals surface area (Å²) in [5.74, 6) is -0.271. The van der Waals surface area contributed by atoms with Crippen molar-refractivity contribution in [2.24, 2.45) is 0 Å². The average molecular weight is 464 g/mol. The summed E-state index contributed by atoms with van der Waals surface area (Å²) in [4.78, 5) is 18.9. The fraction of sp³-hybridized carbons (Fsp3) is 0.364. The van der Waals surface area contributed by atoms with Crippen LogP contribution in [-0.4, -0.2) is 56.3 Å². The molecule has 170 valence electrons. The third-order valence-electron chi connectivity index (χ3n) is 5.30. The first-order valence-electron chi connectivity index (χ1n) is 9.95. The Morgan fingerprint density at radius 3 is 2.28 bits per heavy atom. The topological polar surface area (TPSA) is 70.1 Å². The minimum Gasteiger partial charge on any atom is -0.493 e. The normalized spacial score (nSPS) is 14.5. The Labute approximate surface area is 187 Å². The minimum atomic E-state index is -0.711. The second-order valence-electron chi connectivity index (χ2n) is 7.24. The van der Waals surface area contributed by atoms with Crippen molar-refractivity contribution in [3.8, 4) is 22.4 Å². The maximum Gasteiger partial charge on any atom is 0.274 e. The molecule has 1 aliphatic rings. The first-order chi connectivity index (χ1) is 15.4. The van der Waals surface area contributed by atoms with Crippen LogP contribution in [0.3, 0.4) is 0 Å². The number of aromatic nitrogens is 1. The van der Waals surface area contributed by atoms with Crippen molar-refractivity contribution in [2.45, 2.75) is 18.9 Å². The van der Waals surface area contributed by atoms with Gasteiger partial charge in [0.2, 0.25) is 5.75 Å². The van der Waals surface area contributed by atoms with Crippen molar-refractivity contribution in [1.82, 2.24) is 9.88 Å². The Balaban J connectivity index is 1.42. The van der Waals surface area contributed by atoms with E-state index in [9.17, 15) is 13.6 Å². The quantitative estimate of drug-likeness (QED) is 0.542. The van der Waals surface area contributed by atoms with Crippen molar-refractivity contribution < 1.29 is 32.5 Å². The summed E-state index contributed by atoms with van der Waals surface area (Å²) in [5.41, 5.74) is 0.531.